The lowest BCUT2D eigenvalue weighted by molar-refractivity contribution is 0.0464. The summed E-state index contributed by atoms with van der Waals surface area (Å²) in [6, 6.07) is 16.8. The zero-order valence-electron chi connectivity index (χ0n) is 13.2. The third-order valence-corrected chi connectivity index (χ3v) is 5.52. The average molecular weight is 314 g/mol. The Bertz CT molecular complexity index is 598. The molecule has 3 rings (SSSR count). The molecule has 0 N–H and O–H groups in total. The zero-order valence-corrected chi connectivity index (χ0v) is 14.0. The van der Waals surface area contributed by atoms with Gasteiger partial charge in [0.05, 0.1) is 6.61 Å². The van der Waals surface area contributed by atoms with Crippen LogP contribution >= 0.6 is 11.8 Å². The lowest BCUT2D eigenvalue weighted by atomic mass is 10.1. The van der Waals surface area contributed by atoms with E-state index in [1.807, 2.05) is 23.9 Å². The molecular weight excluding hydrogens is 292 g/mol. The lowest BCUT2D eigenvalue weighted by Gasteiger charge is -2.26. The van der Waals surface area contributed by atoms with Crippen LogP contribution in [0, 0.1) is 6.92 Å². The Balaban J connectivity index is 1.65. The van der Waals surface area contributed by atoms with Crippen molar-refractivity contribution in [3.8, 4) is 5.75 Å². The Morgan fingerprint density at radius 3 is 2.41 bits per heavy atom. The van der Waals surface area contributed by atoms with Crippen molar-refractivity contribution in [2.45, 2.75) is 31.8 Å². The van der Waals surface area contributed by atoms with E-state index < -0.39 is 0 Å². The van der Waals surface area contributed by atoms with E-state index in [4.69, 9.17) is 9.47 Å². The molecule has 0 bridgehead atoms. The Morgan fingerprint density at radius 1 is 1.09 bits per heavy atom. The highest BCUT2D eigenvalue weighted by Crippen LogP contribution is 2.45. The van der Waals surface area contributed by atoms with E-state index in [1.165, 1.54) is 16.7 Å². The molecule has 3 heteroatoms. The molecule has 0 aliphatic carbocycles. The smallest absolute Gasteiger partial charge is 0.139 e. The third-order valence-electron chi connectivity index (χ3n) is 4.04. The number of aryl methyl sites for hydroxylation is 1. The van der Waals surface area contributed by atoms with Gasteiger partial charge in [0.15, 0.2) is 0 Å². The van der Waals surface area contributed by atoms with Crippen LogP contribution in [0.15, 0.2) is 48.5 Å². The van der Waals surface area contributed by atoms with Gasteiger partial charge < -0.3 is 9.47 Å². The van der Waals surface area contributed by atoms with E-state index in [9.17, 15) is 0 Å². The Kier molecular flexibility index (Phi) is 4.74. The summed E-state index contributed by atoms with van der Waals surface area (Å²) in [5.41, 5.74) is 3.70. The Morgan fingerprint density at radius 2 is 1.82 bits per heavy atom. The van der Waals surface area contributed by atoms with Crippen LogP contribution in [0.3, 0.4) is 0 Å². The number of benzene rings is 2. The van der Waals surface area contributed by atoms with Gasteiger partial charge in [-0.15, -0.1) is 11.8 Å². The molecule has 0 saturated carbocycles. The van der Waals surface area contributed by atoms with E-state index in [1.54, 1.807) is 0 Å². The minimum atomic E-state index is -0.157. The summed E-state index contributed by atoms with van der Waals surface area (Å²) in [4.78, 5) is -0.157. The summed E-state index contributed by atoms with van der Waals surface area (Å²) >= 11 is 1.90. The molecule has 1 unspecified atom stereocenters. The zero-order chi connectivity index (χ0) is 15.4. The number of thioether (sulfide) groups is 1. The fourth-order valence-electron chi connectivity index (χ4n) is 2.69. The second kappa shape index (κ2) is 6.76. The fourth-order valence-corrected chi connectivity index (χ4v) is 3.86. The van der Waals surface area contributed by atoms with Crippen LogP contribution in [0.25, 0.3) is 0 Å². The van der Waals surface area contributed by atoms with Gasteiger partial charge in [-0.1, -0.05) is 48.9 Å². The van der Waals surface area contributed by atoms with Crippen LogP contribution in [0.1, 0.15) is 30.0 Å². The second-order valence-corrected chi connectivity index (χ2v) is 6.96. The first-order valence-electron chi connectivity index (χ1n) is 7.79. The maximum Gasteiger partial charge on any atom is 0.139 e. The van der Waals surface area contributed by atoms with Crippen LogP contribution in [0.4, 0.5) is 0 Å². The van der Waals surface area contributed by atoms with Gasteiger partial charge in [-0.2, -0.15) is 0 Å². The minimum absolute atomic E-state index is 0.157. The highest BCUT2D eigenvalue weighted by molar-refractivity contribution is 8.00. The number of hydrogen-bond acceptors (Lipinski definition) is 3. The van der Waals surface area contributed by atoms with Gasteiger partial charge in [0.2, 0.25) is 0 Å². The molecule has 0 aromatic heterocycles. The summed E-state index contributed by atoms with van der Waals surface area (Å²) in [6.07, 6.45) is 0.987. The topological polar surface area (TPSA) is 18.5 Å². The summed E-state index contributed by atoms with van der Waals surface area (Å²) in [7, 11) is 0. The fraction of sp³-hybridized carbons (Fsp3) is 0.368. The number of rotatable bonds is 5. The van der Waals surface area contributed by atoms with Crippen LogP contribution in [-0.2, 0) is 16.3 Å². The lowest BCUT2D eigenvalue weighted by Crippen LogP contribution is -2.19. The molecule has 22 heavy (non-hydrogen) atoms. The molecular formula is C19H22O2S. The molecule has 2 aromatic rings. The van der Waals surface area contributed by atoms with Crippen molar-refractivity contribution in [2.75, 3.05) is 12.4 Å². The van der Waals surface area contributed by atoms with Crippen molar-refractivity contribution in [1.82, 2.24) is 0 Å². The third kappa shape index (κ3) is 3.31. The molecule has 1 atom stereocenters. The quantitative estimate of drug-likeness (QED) is 0.782. The highest BCUT2D eigenvalue weighted by Gasteiger charge is 2.35. The predicted molar refractivity (Wildman–Crippen MR) is 92.3 cm³/mol. The summed E-state index contributed by atoms with van der Waals surface area (Å²) in [5, 5.41) is 0. The van der Waals surface area contributed by atoms with Crippen molar-refractivity contribution in [2.24, 2.45) is 0 Å². The van der Waals surface area contributed by atoms with Crippen LogP contribution < -0.4 is 4.74 Å². The number of ether oxygens (including phenoxy) is 2. The van der Waals surface area contributed by atoms with Gasteiger partial charge >= 0.3 is 0 Å². The largest absolute Gasteiger partial charge is 0.489 e. The maximum atomic E-state index is 5.98. The van der Waals surface area contributed by atoms with Crippen LogP contribution in [0.2, 0.25) is 0 Å². The van der Waals surface area contributed by atoms with Crippen molar-refractivity contribution < 1.29 is 9.47 Å². The average Bonchev–Trinajstić information content (AvgIpc) is 3.05. The molecule has 1 saturated heterocycles. The predicted octanol–water partition coefficient (Wildman–Crippen LogP) is 4.90. The minimum Gasteiger partial charge on any atom is -0.489 e. The van der Waals surface area contributed by atoms with Gasteiger partial charge in [-0.3, -0.25) is 0 Å². The van der Waals surface area contributed by atoms with Gasteiger partial charge in [0, 0.05) is 5.75 Å². The molecule has 1 fully saturated rings. The maximum absolute atomic E-state index is 5.98. The first-order valence-corrected chi connectivity index (χ1v) is 8.77. The molecule has 1 heterocycles. The number of hydrogen-bond donors (Lipinski definition) is 0. The monoisotopic (exact) mass is 314 g/mol. The van der Waals surface area contributed by atoms with E-state index in [2.05, 4.69) is 50.2 Å². The molecule has 116 valence electrons. The summed E-state index contributed by atoms with van der Waals surface area (Å²) in [5.74, 6) is 1.97. The van der Waals surface area contributed by atoms with E-state index in [0.717, 1.165) is 24.5 Å². The van der Waals surface area contributed by atoms with Gasteiger partial charge in [-0.25, -0.2) is 0 Å². The van der Waals surface area contributed by atoms with E-state index in [-0.39, 0.29) is 4.93 Å². The van der Waals surface area contributed by atoms with Crippen molar-refractivity contribution in [3.63, 3.8) is 0 Å². The van der Waals surface area contributed by atoms with Crippen molar-refractivity contribution in [3.05, 3.63) is 65.2 Å². The molecule has 2 nitrogen and oxygen atoms in total. The first kappa shape index (κ1) is 15.4. The first-order chi connectivity index (χ1) is 10.7. The second-order valence-electron chi connectivity index (χ2n) is 5.60. The van der Waals surface area contributed by atoms with Crippen LogP contribution in [0.5, 0.6) is 5.75 Å². The van der Waals surface area contributed by atoms with Gasteiger partial charge in [-0.05, 0) is 36.6 Å². The molecule has 2 aromatic carbocycles. The normalized spacial score (nSPS) is 21.0. The Hall–Kier alpha value is -1.45. The Labute approximate surface area is 136 Å². The van der Waals surface area contributed by atoms with Gasteiger partial charge in [0.25, 0.3) is 0 Å². The molecule has 0 amide bonds. The highest BCUT2D eigenvalue weighted by atomic mass is 32.2. The van der Waals surface area contributed by atoms with Crippen molar-refractivity contribution >= 4 is 11.8 Å². The molecule has 0 radical (unpaired) electrons. The SMILES string of the molecule is CCC1(c2ccc(OCc3ccc(C)cc3)cc2)OCCS1. The van der Waals surface area contributed by atoms with Gasteiger partial charge in [0.1, 0.15) is 17.3 Å². The molecule has 1 aliphatic rings. The standard InChI is InChI=1S/C19H22O2S/c1-3-19(21-12-13-22-19)17-8-10-18(11-9-17)20-14-16-6-4-15(2)5-7-16/h4-11H,3,12-14H2,1-2H3. The molecule has 0 spiro atoms. The molecule has 1 aliphatic heterocycles. The van der Waals surface area contributed by atoms with Crippen LogP contribution in [-0.4, -0.2) is 12.4 Å². The van der Waals surface area contributed by atoms with Crippen molar-refractivity contribution in [1.29, 1.82) is 0 Å². The van der Waals surface area contributed by atoms with E-state index >= 15 is 0 Å². The summed E-state index contributed by atoms with van der Waals surface area (Å²) < 4.78 is 11.8. The summed E-state index contributed by atoms with van der Waals surface area (Å²) in [6.45, 7) is 5.71. The van der Waals surface area contributed by atoms with E-state index in [0.29, 0.717) is 6.61 Å².